The van der Waals surface area contributed by atoms with Crippen LogP contribution in [0.4, 0.5) is 0 Å². The normalized spacial score (nSPS) is 37.6. The lowest BCUT2D eigenvalue weighted by Crippen LogP contribution is -2.50. The Morgan fingerprint density at radius 3 is 2.67 bits per heavy atom. The molecule has 5 atom stereocenters. The maximum absolute atomic E-state index is 11.6. The molecule has 0 radical (unpaired) electrons. The van der Waals surface area contributed by atoms with Gasteiger partial charge in [0, 0.05) is 11.8 Å². The van der Waals surface area contributed by atoms with Gasteiger partial charge in [-0.2, -0.15) is 0 Å². The second-order valence-corrected chi connectivity index (χ2v) is 15.3. The summed E-state index contributed by atoms with van der Waals surface area (Å²) >= 11 is 0. The van der Waals surface area contributed by atoms with E-state index in [1.165, 1.54) is 17.5 Å². The number of fused-ring (bicyclic) bond motifs is 5. The minimum Gasteiger partial charge on any atom is -0.508 e. The first-order chi connectivity index (χ1) is 12.6. The molecule has 4 rings (SSSR count). The maximum Gasteiger partial charge on any atom is 0.129 e. The Labute approximate surface area is 165 Å². The van der Waals surface area contributed by atoms with Crippen molar-refractivity contribution >= 4 is 8.07 Å². The zero-order valence-electron chi connectivity index (χ0n) is 17.3. The van der Waals surface area contributed by atoms with Crippen molar-refractivity contribution in [2.24, 2.45) is 17.3 Å². The zero-order chi connectivity index (χ0) is 19.4. The Kier molecular flexibility index (Phi) is 4.52. The highest BCUT2D eigenvalue weighted by Crippen LogP contribution is 2.65. The molecule has 3 aliphatic carbocycles. The molecule has 3 aliphatic rings. The summed E-state index contributed by atoms with van der Waals surface area (Å²) in [5.74, 6) is 5.65. The summed E-state index contributed by atoms with van der Waals surface area (Å²) in [6, 6.07) is 5.98. The van der Waals surface area contributed by atoms with Gasteiger partial charge in [-0.3, -0.25) is 0 Å². The van der Waals surface area contributed by atoms with E-state index in [0.29, 0.717) is 29.9 Å². The summed E-state index contributed by atoms with van der Waals surface area (Å²) < 4.78 is 0. The predicted octanol–water partition coefficient (Wildman–Crippen LogP) is 5.25. The summed E-state index contributed by atoms with van der Waals surface area (Å²) in [7, 11) is -1.40. The SMILES string of the molecule is C[C@]12CC[C@@H]3c4ccc(O)cc4CC[C@H]3[C@@H]1CC[C@@]2(O)CC#C[Si](C)(C)C. The van der Waals surface area contributed by atoms with Crippen LogP contribution in [0.25, 0.3) is 0 Å². The third-order valence-electron chi connectivity index (χ3n) is 7.88. The number of hydrogen-bond acceptors (Lipinski definition) is 2. The van der Waals surface area contributed by atoms with E-state index in [-0.39, 0.29) is 5.41 Å². The summed E-state index contributed by atoms with van der Waals surface area (Å²) in [5.41, 5.74) is 5.64. The molecule has 1 aromatic carbocycles. The Morgan fingerprint density at radius 1 is 1.15 bits per heavy atom. The van der Waals surface area contributed by atoms with Crippen LogP contribution in [0.3, 0.4) is 0 Å². The predicted molar refractivity (Wildman–Crippen MR) is 113 cm³/mol. The molecule has 0 aromatic heterocycles. The smallest absolute Gasteiger partial charge is 0.129 e. The van der Waals surface area contributed by atoms with E-state index in [2.05, 4.69) is 44.1 Å². The summed E-state index contributed by atoms with van der Waals surface area (Å²) in [5, 5.41) is 21.5. The molecule has 2 nitrogen and oxygen atoms in total. The minimum absolute atomic E-state index is 0.00326. The Bertz CT molecular complexity index is 799. The average Bonchev–Trinajstić information content (AvgIpc) is 2.85. The maximum atomic E-state index is 11.6. The van der Waals surface area contributed by atoms with Crippen molar-refractivity contribution in [2.45, 2.75) is 83.0 Å². The largest absolute Gasteiger partial charge is 0.508 e. The summed E-state index contributed by atoms with van der Waals surface area (Å²) in [6.07, 6.45) is 7.18. The van der Waals surface area contributed by atoms with Crippen molar-refractivity contribution in [3.8, 4) is 17.2 Å². The molecule has 0 heterocycles. The van der Waals surface area contributed by atoms with Crippen LogP contribution in [0.1, 0.15) is 62.5 Å². The number of phenols is 1. The van der Waals surface area contributed by atoms with Gasteiger partial charge < -0.3 is 10.2 Å². The van der Waals surface area contributed by atoms with Gasteiger partial charge in [0.05, 0.1) is 5.60 Å². The molecule has 0 aliphatic heterocycles. The van der Waals surface area contributed by atoms with Gasteiger partial charge in [-0.15, -0.1) is 11.5 Å². The van der Waals surface area contributed by atoms with Gasteiger partial charge in [0.15, 0.2) is 0 Å². The fourth-order valence-electron chi connectivity index (χ4n) is 6.42. The van der Waals surface area contributed by atoms with Crippen molar-refractivity contribution in [3.05, 3.63) is 29.3 Å². The number of phenolic OH excluding ortho intramolecular Hbond substituents is 1. The molecule has 0 amide bonds. The quantitative estimate of drug-likeness (QED) is 0.514. The molecule has 0 saturated heterocycles. The lowest BCUT2D eigenvalue weighted by molar-refractivity contribution is -0.0990. The first-order valence-corrected chi connectivity index (χ1v) is 14.2. The van der Waals surface area contributed by atoms with E-state index in [9.17, 15) is 10.2 Å². The zero-order valence-corrected chi connectivity index (χ0v) is 18.3. The first kappa shape index (κ1) is 19.1. The van der Waals surface area contributed by atoms with Crippen molar-refractivity contribution in [1.29, 1.82) is 0 Å². The van der Waals surface area contributed by atoms with Gasteiger partial charge in [0.25, 0.3) is 0 Å². The van der Waals surface area contributed by atoms with Crippen LogP contribution in [0.5, 0.6) is 5.75 Å². The molecule has 0 spiro atoms. The van der Waals surface area contributed by atoms with Crippen LogP contribution in [0.2, 0.25) is 19.6 Å². The topological polar surface area (TPSA) is 40.5 Å². The fraction of sp³-hybridized carbons (Fsp3) is 0.667. The Balaban J connectivity index is 1.60. The number of aromatic hydroxyl groups is 1. The number of aryl methyl sites for hydroxylation is 1. The van der Waals surface area contributed by atoms with Crippen molar-refractivity contribution < 1.29 is 10.2 Å². The van der Waals surface area contributed by atoms with Crippen LogP contribution in [-0.2, 0) is 6.42 Å². The van der Waals surface area contributed by atoms with Gasteiger partial charge in [-0.25, -0.2) is 0 Å². The molecule has 1 aromatic rings. The minimum atomic E-state index is -1.40. The highest BCUT2D eigenvalue weighted by Gasteiger charge is 2.61. The molecule has 0 unspecified atom stereocenters. The van der Waals surface area contributed by atoms with Crippen molar-refractivity contribution in [2.75, 3.05) is 0 Å². The van der Waals surface area contributed by atoms with Crippen LogP contribution < -0.4 is 0 Å². The van der Waals surface area contributed by atoms with Gasteiger partial charge >= 0.3 is 0 Å². The summed E-state index contributed by atoms with van der Waals surface area (Å²) in [4.78, 5) is 0. The molecular formula is C24H34O2Si. The highest BCUT2D eigenvalue weighted by atomic mass is 28.3. The first-order valence-electron chi connectivity index (χ1n) is 10.7. The molecule has 0 bridgehead atoms. The standard InChI is InChI=1S/C24H34O2Si/c1-23-13-10-20-19-9-7-18(25)16-17(19)6-8-21(20)22(23)11-14-24(23,26)12-5-15-27(2,3)4/h7,9,16,20-22,25-26H,6,8,10-14H2,1-4H3/t20-,21-,22+,23+,24+/m1/s1. The molecule has 2 fully saturated rings. The van der Waals surface area contributed by atoms with E-state index >= 15 is 0 Å². The van der Waals surface area contributed by atoms with Gasteiger partial charge in [-0.1, -0.05) is 32.6 Å². The monoisotopic (exact) mass is 382 g/mol. The number of aliphatic hydroxyl groups is 1. The fourth-order valence-corrected chi connectivity index (χ4v) is 7.04. The van der Waals surface area contributed by atoms with Crippen LogP contribution in [0, 0.1) is 28.7 Å². The third kappa shape index (κ3) is 3.15. The van der Waals surface area contributed by atoms with E-state index in [4.69, 9.17) is 0 Å². The third-order valence-corrected chi connectivity index (χ3v) is 8.80. The molecule has 27 heavy (non-hydrogen) atoms. The van der Waals surface area contributed by atoms with Crippen LogP contribution >= 0.6 is 0 Å². The lowest BCUT2D eigenvalue weighted by Gasteiger charge is -2.53. The molecular weight excluding hydrogens is 348 g/mol. The number of hydrogen-bond donors (Lipinski definition) is 2. The summed E-state index contributed by atoms with van der Waals surface area (Å²) in [6.45, 7) is 9.16. The Hall–Kier alpha value is -1.24. The lowest BCUT2D eigenvalue weighted by atomic mass is 9.53. The molecule has 2 saturated carbocycles. The second-order valence-electron chi connectivity index (χ2n) is 10.6. The second kappa shape index (κ2) is 6.39. The van der Waals surface area contributed by atoms with Gasteiger partial charge in [0.2, 0.25) is 0 Å². The van der Waals surface area contributed by atoms with Crippen LogP contribution in [-0.4, -0.2) is 23.9 Å². The van der Waals surface area contributed by atoms with Gasteiger partial charge in [-0.05, 0) is 79.5 Å². The van der Waals surface area contributed by atoms with Gasteiger partial charge in [0.1, 0.15) is 13.8 Å². The van der Waals surface area contributed by atoms with E-state index < -0.39 is 13.7 Å². The Morgan fingerprint density at radius 2 is 1.93 bits per heavy atom. The van der Waals surface area contributed by atoms with E-state index in [1.54, 1.807) is 0 Å². The molecule has 146 valence electrons. The molecule has 2 N–H and O–H groups in total. The van der Waals surface area contributed by atoms with E-state index in [0.717, 1.165) is 32.1 Å². The highest BCUT2D eigenvalue weighted by molar-refractivity contribution is 6.83. The van der Waals surface area contributed by atoms with Crippen molar-refractivity contribution in [3.63, 3.8) is 0 Å². The average molecular weight is 383 g/mol. The van der Waals surface area contributed by atoms with Crippen molar-refractivity contribution in [1.82, 2.24) is 0 Å². The number of benzene rings is 1. The van der Waals surface area contributed by atoms with E-state index in [1.807, 2.05) is 12.1 Å². The van der Waals surface area contributed by atoms with Crippen LogP contribution in [0.15, 0.2) is 18.2 Å². The number of rotatable bonds is 1. The molecule has 3 heteroatoms.